The first-order valence-electron chi connectivity index (χ1n) is 5.83. The summed E-state index contributed by atoms with van der Waals surface area (Å²) in [6.07, 6.45) is 7.87. The molecule has 0 radical (unpaired) electrons. The number of carbonyl (C=O) groups is 1. The smallest absolute Gasteiger partial charge is 0.358 e. The predicted octanol–water partition coefficient (Wildman–Crippen LogP) is 1.83. The second-order valence-electron chi connectivity index (χ2n) is 4.20. The number of nitrogens with zero attached hydrogens (tertiary/aromatic N) is 2. The van der Waals surface area contributed by atoms with E-state index in [1.54, 1.807) is 0 Å². The van der Waals surface area contributed by atoms with Gasteiger partial charge in [-0.3, -0.25) is 4.98 Å². The van der Waals surface area contributed by atoms with Gasteiger partial charge in [0.2, 0.25) is 5.88 Å². The summed E-state index contributed by atoms with van der Waals surface area (Å²) in [6.45, 7) is 0.652. The molecule has 1 aromatic heterocycles. The van der Waals surface area contributed by atoms with Crippen molar-refractivity contribution >= 4 is 5.97 Å². The molecule has 0 spiro atoms. The van der Waals surface area contributed by atoms with Crippen molar-refractivity contribution in [3.8, 4) is 5.88 Å². The van der Waals surface area contributed by atoms with Gasteiger partial charge in [0, 0.05) is 0 Å². The third-order valence-corrected chi connectivity index (χ3v) is 2.95. The molecule has 1 aliphatic carbocycles. The number of hydrogen-bond acceptors (Lipinski definition) is 5. The lowest BCUT2D eigenvalue weighted by molar-refractivity contribution is 0.0592. The summed E-state index contributed by atoms with van der Waals surface area (Å²) in [5.74, 6) is 0.502. The summed E-state index contributed by atoms with van der Waals surface area (Å²) >= 11 is 0. The molecule has 0 unspecified atom stereocenters. The van der Waals surface area contributed by atoms with E-state index in [4.69, 9.17) is 4.74 Å². The minimum absolute atomic E-state index is 0.177. The molecule has 1 saturated carbocycles. The van der Waals surface area contributed by atoms with Crippen LogP contribution in [0.4, 0.5) is 0 Å². The fourth-order valence-electron chi connectivity index (χ4n) is 2.00. The lowest BCUT2D eigenvalue weighted by Crippen LogP contribution is -2.11. The van der Waals surface area contributed by atoms with Crippen LogP contribution in [-0.2, 0) is 4.74 Å². The third-order valence-electron chi connectivity index (χ3n) is 2.95. The van der Waals surface area contributed by atoms with Crippen molar-refractivity contribution in [3.05, 3.63) is 18.1 Å². The van der Waals surface area contributed by atoms with E-state index < -0.39 is 5.97 Å². The molecule has 0 N–H and O–H groups in total. The van der Waals surface area contributed by atoms with E-state index in [0.717, 1.165) is 0 Å². The highest BCUT2D eigenvalue weighted by Crippen LogP contribution is 2.25. The molecule has 0 aliphatic heterocycles. The van der Waals surface area contributed by atoms with Gasteiger partial charge in [-0.1, -0.05) is 12.8 Å². The molecular formula is C12H16N2O3. The minimum atomic E-state index is -0.496. The zero-order valence-corrected chi connectivity index (χ0v) is 9.89. The van der Waals surface area contributed by atoms with Crippen LogP contribution in [0.25, 0.3) is 0 Å². The fourth-order valence-corrected chi connectivity index (χ4v) is 2.00. The van der Waals surface area contributed by atoms with E-state index >= 15 is 0 Å². The molecule has 0 atom stereocenters. The monoisotopic (exact) mass is 236 g/mol. The first-order valence-corrected chi connectivity index (χ1v) is 5.83. The lowest BCUT2D eigenvalue weighted by atomic mass is 10.1. The SMILES string of the molecule is COC(=O)c1cncc(OCC2CCCC2)n1. The second kappa shape index (κ2) is 5.61. The Morgan fingerprint density at radius 1 is 1.41 bits per heavy atom. The van der Waals surface area contributed by atoms with Gasteiger partial charge in [0.1, 0.15) is 0 Å². The fraction of sp³-hybridized carbons (Fsp3) is 0.583. The van der Waals surface area contributed by atoms with Crippen LogP contribution in [0, 0.1) is 5.92 Å². The van der Waals surface area contributed by atoms with Crippen LogP contribution >= 0.6 is 0 Å². The van der Waals surface area contributed by atoms with Crippen molar-refractivity contribution in [1.82, 2.24) is 9.97 Å². The topological polar surface area (TPSA) is 61.3 Å². The van der Waals surface area contributed by atoms with Gasteiger partial charge in [-0.2, -0.15) is 0 Å². The molecule has 5 heteroatoms. The maximum atomic E-state index is 11.2. The summed E-state index contributed by atoms with van der Waals surface area (Å²) in [5.41, 5.74) is 0.177. The Kier molecular flexibility index (Phi) is 3.90. The van der Waals surface area contributed by atoms with Crippen molar-refractivity contribution in [1.29, 1.82) is 0 Å². The van der Waals surface area contributed by atoms with Crippen LogP contribution < -0.4 is 4.74 Å². The molecule has 92 valence electrons. The number of ether oxygens (including phenoxy) is 2. The molecule has 17 heavy (non-hydrogen) atoms. The Balaban J connectivity index is 1.93. The predicted molar refractivity (Wildman–Crippen MR) is 60.8 cm³/mol. The van der Waals surface area contributed by atoms with Gasteiger partial charge < -0.3 is 9.47 Å². The van der Waals surface area contributed by atoms with Crippen LogP contribution in [0.5, 0.6) is 5.88 Å². The largest absolute Gasteiger partial charge is 0.476 e. The Morgan fingerprint density at radius 2 is 2.18 bits per heavy atom. The molecule has 1 aromatic rings. The Morgan fingerprint density at radius 3 is 2.88 bits per heavy atom. The summed E-state index contributed by atoms with van der Waals surface area (Å²) in [6, 6.07) is 0. The third kappa shape index (κ3) is 3.15. The molecule has 0 amide bonds. The number of hydrogen-bond donors (Lipinski definition) is 0. The van der Waals surface area contributed by atoms with Gasteiger partial charge in [-0.25, -0.2) is 9.78 Å². The summed E-state index contributed by atoms with van der Waals surface area (Å²) in [4.78, 5) is 19.2. The maximum Gasteiger partial charge on any atom is 0.358 e. The quantitative estimate of drug-likeness (QED) is 0.746. The number of aromatic nitrogens is 2. The molecule has 0 saturated heterocycles. The molecule has 1 heterocycles. The summed E-state index contributed by atoms with van der Waals surface area (Å²) < 4.78 is 10.1. The van der Waals surface area contributed by atoms with E-state index in [0.29, 0.717) is 18.4 Å². The number of carbonyl (C=O) groups excluding carboxylic acids is 1. The van der Waals surface area contributed by atoms with Gasteiger partial charge >= 0.3 is 5.97 Å². The highest BCUT2D eigenvalue weighted by Gasteiger charge is 2.16. The number of rotatable bonds is 4. The molecule has 5 nitrogen and oxygen atoms in total. The molecule has 0 bridgehead atoms. The van der Waals surface area contributed by atoms with Crippen molar-refractivity contribution < 1.29 is 14.3 Å². The van der Waals surface area contributed by atoms with Crippen molar-refractivity contribution in [2.45, 2.75) is 25.7 Å². The van der Waals surface area contributed by atoms with E-state index in [9.17, 15) is 4.79 Å². The molecule has 1 aliphatic rings. The Labute approximate surface area is 100 Å². The second-order valence-corrected chi connectivity index (χ2v) is 4.20. The van der Waals surface area contributed by atoms with Gasteiger partial charge in [0.25, 0.3) is 0 Å². The van der Waals surface area contributed by atoms with Gasteiger partial charge in [-0.05, 0) is 18.8 Å². The minimum Gasteiger partial charge on any atom is -0.476 e. The average Bonchev–Trinajstić information content (AvgIpc) is 2.89. The van der Waals surface area contributed by atoms with Crippen molar-refractivity contribution in [3.63, 3.8) is 0 Å². The molecule has 1 fully saturated rings. The number of methoxy groups -OCH3 is 1. The van der Waals surface area contributed by atoms with Crippen LogP contribution in [0.1, 0.15) is 36.2 Å². The maximum absolute atomic E-state index is 11.2. The standard InChI is InChI=1S/C12H16N2O3/c1-16-12(15)10-6-13-7-11(14-10)17-8-9-4-2-3-5-9/h6-7,9H,2-5,8H2,1H3. The number of esters is 1. The van der Waals surface area contributed by atoms with Crippen LogP contribution in [-0.4, -0.2) is 29.7 Å². The zero-order valence-electron chi connectivity index (χ0n) is 9.89. The van der Waals surface area contributed by atoms with E-state index in [1.165, 1.54) is 45.2 Å². The van der Waals surface area contributed by atoms with Crippen molar-refractivity contribution in [2.24, 2.45) is 5.92 Å². The Bertz CT molecular complexity index is 389. The first-order chi connectivity index (χ1) is 8.29. The Hall–Kier alpha value is -1.65. The summed E-state index contributed by atoms with van der Waals surface area (Å²) in [7, 11) is 1.32. The van der Waals surface area contributed by atoms with E-state index in [2.05, 4.69) is 14.7 Å². The van der Waals surface area contributed by atoms with Crippen molar-refractivity contribution in [2.75, 3.05) is 13.7 Å². The molecule has 2 rings (SSSR count). The van der Waals surface area contributed by atoms with Gasteiger partial charge in [-0.15, -0.1) is 0 Å². The van der Waals surface area contributed by atoms with Crippen LogP contribution in [0.15, 0.2) is 12.4 Å². The van der Waals surface area contributed by atoms with Gasteiger partial charge in [0.15, 0.2) is 5.69 Å². The first kappa shape index (κ1) is 11.8. The lowest BCUT2D eigenvalue weighted by Gasteiger charge is -2.10. The van der Waals surface area contributed by atoms with Gasteiger partial charge in [0.05, 0.1) is 26.1 Å². The summed E-state index contributed by atoms with van der Waals surface area (Å²) in [5, 5.41) is 0. The van der Waals surface area contributed by atoms with Crippen LogP contribution in [0.2, 0.25) is 0 Å². The van der Waals surface area contributed by atoms with E-state index in [1.807, 2.05) is 0 Å². The highest BCUT2D eigenvalue weighted by atomic mass is 16.5. The molecule has 0 aromatic carbocycles. The molecular weight excluding hydrogens is 220 g/mol. The van der Waals surface area contributed by atoms with Crippen LogP contribution in [0.3, 0.4) is 0 Å². The highest BCUT2D eigenvalue weighted by molar-refractivity contribution is 5.86. The average molecular weight is 236 g/mol. The normalized spacial score (nSPS) is 15.8. The zero-order chi connectivity index (χ0) is 12.1. The van der Waals surface area contributed by atoms with E-state index in [-0.39, 0.29) is 5.69 Å².